The van der Waals surface area contributed by atoms with Gasteiger partial charge in [-0.25, -0.2) is 0 Å². The van der Waals surface area contributed by atoms with Gasteiger partial charge in [-0.3, -0.25) is 14.4 Å². The predicted octanol–water partition coefficient (Wildman–Crippen LogP) is 5.87. The fourth-order valence-electron chi connectivity index (χ4n) is 8.03. The second kappa shape index (κ2) is 14.8. The third-order valence-corrected chi connectivity index (χ3v) is 11.0. The first-order valence-corrected chi connectivity index (χ1v) is 17.8. The molecule has 252 valence electrons. The van der Waals surface area contributed by atoms with Crippen molar-refractivity contribution in [3.05, 3.63) is 104 Å². The molecule has 1 spiro atoms. The van der Waals surface area contributed by atoms with Gasteiger partial charge in [0.15, 0.2) is 0 Å². The lowest BCUT2D eigenvalue weighted by atomic mass is 9.70. The number of halogens is 1. The Morgan fingerprint density at radius 2 is 1.65 bits per heavy atom. The maximum absolute atomic E-state index is 15.0. The Hall–Kier alpha value is -3.79. The summed E-state index contributed by atoms with van der Waals surface area (Å²) in [4.78, 5) is 49.1. The van der Waals surface area contributed by atoms with Crippen molar-refractivity contribution < 1.29 is 24.2 Å². The zero-order valence-corrected chi connectivity index (χ0v) is 28.8. The molecule has 0 radical (unpaired) electrons. The minimum atomic E-state index is -1.17. The maximum Gasteiger partial charge on any atom is 0.253 e. The number of carbonyl (C=O) groups is 3. The molecule has 3 fully saturated rings. The topological polar surface area (TPSA) is 90.4 Å². The Labute approximate surface area is 291 Å². The zero-order chi connectivity index (χ0) is 33.8. The third-order valence-electron chi connectivity index (χ3n) is 10.1. The van der Waals surface area contributed by atoms with E-state index in [1.807, 2.05) is 72.8 Å². The van der Waals surface area contributed by atoms with Crippen molar-refractivity contribution in [3.8, 4) is 0 Å². The molecule has 3 aromatic rings. The lowest BCUT2D eigenvalue weighted by Gasteiger charge is -2.37. The highest BCUT2D eigenvalue weighted by Gasteiger charge is 2.76. The summed E-state index contributed by atoms with van der Waals surface area (Å²) >= 11 is 3.82. The molecule has 3 saturated heterocycles. The number of hydrogen-bond donors (Lipinski definition) is 1. The molecule has 8 nitrogen and oxygen atoms in total. The molecule has 3 aliphatic rings. The molecule has 0 saturated carbocycles. The second-order valence-corrected chi connectivity index (χ2v) is 14.3. The van der Waals surface area contributed by atoms with Crippen molar-refractivity contribution in [1.82, 2.24) is 9.80 Å². The van der Waals surface area contributed by atoms with Crippen LogP contribution in [-0.4, -0.2) is 81.4 Å². The number of rotatable bonds is 15. The Morgan fingerprint density at radius 3 is 2.38 bits per heavy atom. The summed E-state index contributed by atoms with van der Waals surface area (Å²) in [5.41, 5.74) is 0.526. The SMILES string of the molecule is C=CCN(Cc1ccccc1)C(=O)[C@H]1[C@H]2C(=O)N(CCCCCCO)C(C(=O)N(CC=C)c3ccc4ccccc4c3)C23CC(Br)[C@@H]1O3. The van der Waals surface area contributed by atoms with E-state index in [2.05, 4.69) is 29.1 Å². The summed E-state index contributed by atoms with van der Waals surface area (Å²) in [6.07, 6.45) is 6.28. The van der Waals surface area contributed by atoms with E-state index in [9.17, 15) is 19.5 Å². The van der Waals surface area contributed by atoms with Gasteiger partial charge in [-0.2, -0.15) is 0 Å². The van der Waals surface area contributed by atoms with Crippen LogP contribution in [0.4, 0.5) is 5.69 Å². The van der Waals surface area contributed by atoms with E-state index in [0.717, 1.165) is 29.2 Å². The number of anilines is 1. The van der Waals surface area contributed by atoms with Crippen LogP contribution in [0.15, 0.2) is 98.1 Å². The van der Waals surface area contributed by atoms with Crippen LogP contribution in [0.25, 0.3) is 10.8 Å². The van der Waals surface area contributed by atoms with E-state index in [1.54, 1.807) is 26.9 Å². The minimum Gasteiger partial charge on any atom is -0.396 e. The highest BCUT2D eigenvalue weighted by atomic mass is 79.9. The number of amides is 3. The first-order valence-electron chi connectivity index (χ1n) is 16.9. The number of carbonyl (C=O) groups excluding carboxylic acids is 3. The number of nitrogens with zero attached hydrogens (tertiary/aromatic N) is 3. The molecule has 48 heavy (non-hydrogen) atoms. The van der Waals surface area contributed by atoms with E-state index in [1.165, 1.54) is 0 Å². The molecule has 6 atom stereocenters. The van der Waals surface area contributed by atoms with Gasteiger partial charge in [0.05, 0.1) is 17.9 Å². The van der Waals surface area contributed by atoms with Crippen molar-refractivity contribution in [2.24, 2.45) is 11.8 Å². The van der Waals surface area contributed by atoms with Crippen molar-refractivity contribution >= 4 is 50.1 Å². The van der Waals surface area contributed by atoms with Gasteiger partial charge in [0.25, 0.3) is 5.91 Å². The first-order chi connectivity index (χ1) is 23.3. The standard InChI is InChI=1S/C39H44BrN3O5/c1-3-20-41(26-27-14-8-7-9-15-27)36(45)32-33-37(46)43(22-12-5-6-13-23-44)35(39(33)25-31(40)34(32)48-39)38(47)42(21-4-2)30-19-18-28-16-10-11-17-29(28)24-30/h3-4,7-11,14-19,24,31-35,44H,1-2,5-6,12-13,20-23,25-26H2/t31?,32-,33-,34-,35?,39?/m0/s1. The number of hydrogen-bond acceptors (Lipinski definition) is 5. The van der Waals surface area contributed by atoms with E-state index in [0.29, 0.717) is 44.6 Å². The van der Waals surface area contributed by atoms with E-state index < -0.39 is 29.6 Å². The summed E-state index contributed by atoms with van der Waals surface area (Å²) in [6, 6.07) is 22.8. The van der Waals surface area contributed by atoms with Crippen molar-refractivity contribution in [2.45, 2.75) is 61.2 Å². The molecule has 3 unspecified atom stereocenters. The molecule has 9 heteroatoms. The van der Waals surface area contributed by atoms with Gasteiger partial charge in [0.1, 0.15) is 11.6 Å². The van der Waals surface area contributed by atoms with E-state index in [-0.39, 0.29) is 35.7 Å². The third kappa shape index (κ3) is 6.24. The normalized spacial score (nSPS) is 25.7. The van der Waals surface area contributed by atoms with Gasteiger partial charge >= 0.3 is 0 Å². The smallest absolute Gasteiger partial charge is 0.253 e. The Balaban J connectivity index is 1.38. The summed E-state index contributed by atoms with van der Waals surface area (Å²) in [6.45, 7) is 9.28. The summed E-state index contributed by atoms with van der Waals surface area (Å²) < 4.78 is 6.83. The number of unbranched alkanes of at least 4 members (excludes halogenated alkanes) is 3. The number of fused-ring (bicyclic) bond motifs is 2. The summed E-state index contributed by atoms with van der Waals surface area (Å²) in [5.74, 6) is -2.15. The van der Waals surface area contributed by atoms with Gasteiger partial charge in [-0.15, -0.1) is 13.2 Å². The molecule has 3 aromatic carbocycles. The number of aliphatic hydroxyl groups excluding tert-OH is 1. The number of benzene rings is 3. The molecule has 0 aliphatic carbocycles. The highest BCUT2D eigenvalue weighted by molar-refractivity contribution is 9.09. The Kier molecular flexibility index (Phi) is 10.5. The zero-order valence-electron chi connectivity index (χ0n) is 27.3. The van der Waals surface area contributed by atoms with Crippen LogP contribution in [0.3, 0.4) is 0 Å². The lowest BCUT2D eigenvalue weighted by Crippen LogP contribution is -2.57. The van der Waals surface area contributed by atoms with Crippen LogP contribution in [0.5, 0.6) is 0 Å². The number of alkyl halides is 1. The van der Waals surface area contributed by atoms with Gasteiger partial charge in [0, 0.05) is 43.3 Å². The van der Waals surface area contributed by atoms with Crippen LogP contribution in [-0.2, 0) is 25.7 Å². The van der Waals surface area contributed by atoms with Gasteiger partial charge in [-0.05, 0) is 47.7 Å². The fraction of sp³-hybridized carbons (Fsp3) is 0.410. The fourth-order valence-corrected chi connectivity index (χ4v) is 8.97. The lowest BCUT2D eigenvalue weighted by molar-refractivity contribution is -0.145. The summed E-state index contributed by atoms with van der Waals surface area (Å²) in [7, 11) is 0. The van der Waals surface area contributed by atoms with Crippen LogP contribution in [0, 0.1) is 11.8 Å². The van der Waals surface area contributed by atoms with Crippen LogP contribution in [0.1, 0.15) is 37.7 Å². The van der Waals surface area contributed by atoms with E-state index >= 15 is 0 Å². The molecule has 3 amide bonds. The largest absolute Gasteiger partial charge is 0.396 e. The van der Waals surface area contributed by atoms with Crippen molar-refractivity contribution in [2.75, 3.05) is 31.1 Å². The predicted molar refractivity (Wildman–Crippen MR) is 192 cm³/mol. The molecule has 3 heterocycles. The Bertz CT molecular complexity index is 1670. The molecule has 1 N–H and O–H groups in total. The first kappa shape index (κ1) is 34.1. The molecule has 3 aliphatic heterocycles. The average molecular weight is 715 g/mol. The van der Waals surface area contributed by atoms with Gasteiger partial charge < -0.3 is 24.5 Å². The van der Waals surface area contributed by atoms with Crippen LogP contribution < -0.4 is 4.90 Å². The molecular weight excluding hydrogens is 670 g/mol. The minimum absolute atomic E-state index is 0.118. The van der Waals surface area contributed by atoms with Crippen molar-refractivity contribution in [1.29, 1.82) is 0 Å². The number of aliphatic hydroxyl groups is 1. The average Bonchev–Trinajstić information content (AvgIpc) is 3.69. The molecule has 0 aromatic heterocycles. The molecule has 2 bridgehead atoms. The highest BCUT2D eigenvalue weighted by Crippen LogP contribution is 2.60. The van der Waals surface area contributed by atoms with Crippen LogP contribution >= 0.6 is 15.9 Å². The quantitative estimate of drug-likeness (QED) is 0.121. The number of ether oxygens (including phenoxy) is 1. The summed E-state index contributed by atoms with van der Waals surface area (Å²) in [5, 5.41) is 11.4. The van der Waals surface area contributed by atoms with Crippen LogP contribution in [0.2, 0.25) is 0 Å². The molecule has 6 rings (SSSR count). The second-order valence-electron chi connectivity index (χ2n) is 13.1. The van der Waals surface area contributed by atoms with E-state index in [4.69, 9.17) is 4.74 Å². The monoisotopic (exact) mass is 713 g/mol. The molecular formula is C39H44BrN3O5. The number of likely N-dealkylation sites (tertiary alicyclic amines) is 1. The Morgan fingerprint density at radius 1 is 0.938 bits per heavy atom. The maximum atomic E-state index is 15.0. The van der Waals surface area contributed by atoms with Gasteiger partial charge in [-0.1, -0.05) is 102 Å². The van der Waals surface area contributed by atoms with Crippen molar-refractivity contribution in [3.63, 3.8) is 0 Å². The van der Waals surface area contributed by atoms with Gasteiger partial charge in [0.2, 0.25) is 11.8 Å².